The Bertz CT molecular complexity index is 1300. The number of Topliss-reactive ketones (excluding diaryl/α,β-unsaturated/α-hetero) is 1. The molecule has 3 saturated carbocycles. The largest absolute Gasteiger partial charge is 0.456 e. The van der Waals surface area contributed by atoms with E-state index < -0.39 is 81.8 Å². The van der Waals surface area contributed by atoms with Gasteiger partial charge in [-0.2, -0.15) is 0 Å². The first kappa shape index (κ1) is 39.0. The zero-order valence-electron chi connectivity index (χ0n) is 27.5. The van der Waals surface area contributed by atoms with Gasteiger partial charge in [0, 0.05) is 23.2 Å². The minimum atomic E-state index is -2.18. The van der Waals surface area contributed by atoms with Gasteiger partial charge in [-0.1, -0.05) is 18.6 Å². The van der Waals surface area contributed by atoms with E-state index in [2.05, 4.69) is 9.68 Å². The van der Waals surface area contributed by atoms with Crippen LogP contribution in [0.1, 0.15) is 58.8 Å². The van der Waals surface area contributed by atoms with E-state index in [1.165, 1.54) is 18.2 Å². The lowest BCUT2D eigenvalue weighted by Crippen LogP contribution is -2.69. The molecule has 0 aromatic rings. The average Bonchev–Trinajstić information content (AvgIpc) is 3.32. The molecule has 5 N–H and O–H groups in total. The van der Waals surface area contributed by atoms with Gasteiger partial charge in [0.15, 0.2) is 23.7 Å². The molecule has 0 saturated heterocycles. The topological polar surface area (TPSA) is 231 Å². The van der Waals surface area contributed by atoms with Gasteiger partial charge in [0.2, 0.25) is 5.78 Å². The van der Waals surface area contributed by atoms with Gasteiger partial charge < -0.3 is 24.1 Å². The maximum absolute atomic E-state index is 17.5. The fourth-order valence-corrected chi connectivity index (χ4v) is 8.35. The van der Waals surface area contributed by atoms with Crippen molar-refractivity contribution in [1.29, 1.82) is 0 Å². The molecule has 49 heavy (non-hydrogen) atoms. The van der Waals surface area contributed by atoms with Crippen molar-refractivity contribution in [2.75, 3.05) is 46.2 Å². The number of carbonyl (C=O) groups excluding carboxylic acids is 4. The van der Waals surface area contributed by atoms with Crippen LogP contribution in [0.2, 0.25) is 0 Å². The summed E-state index contributed by atoms with van der Waals surface area (Å²) in [5.74, 6) is -4.02. The van der Waals surface area contributed by atoms with Crippen molar-refractivity contribution in [2.45, 2.75) is 76.2 Å². The van der Waals surface area contributed by atoms with Gasteiger partial charge in [0.05, 0.1) is 49.9 Å². The van der Waals surface area contributed by atoms with E-state index in [1.807, 2.05) is 0 Å². The highest BCUT2D eigenvalue weighted by Crippen LogP contribution is 2.70. The van der Waals surface area contributed by atoms with Crippen molar-refractivity contribution in [3.05, 3.63) is 23.8 Å². The van der Waals surface area contributed by atoms with E-state index in [0.29, 0.717) is 12.0 Å². The second-order valence-corrected chi connectivity index (χ2v) is 13.1. The number of halogens is 1. The number of hydrogen-bond acceptors (Lipinski definition) is 17. The molecular formula is C31H45FN2O15. The summed E-state index contributed by atoms with van der Waals surface area (Å²) < 4.78 is 39.0. The fourth-order valence-electron chi connectivity index (χ4n) is 8.35. The normalized spacial score (nSPS) is 33.6. The first-order valence-electron chi connectivity index (χ1n) is 16.1. The lowest BCUT2D eigenvalue weighted by Gasteiger charge is -2.62. The summed E-state index contributed by atoms with van der Waals surface area (Å²) in [6.07, 6.45) is 2.99. The molecule has 7 atom stereocenters. The van der Waals surface area contributed by atoms with Crippen molar-refractivity contribution < 1.29 is 78.1 Å². The number of nitrogens with zero attached hydrogens (tertiary/aromatic N) is 2. The maximum atomic E-state index is 17.5. The SMILES string of the molecule is C[C@]12C=CC(=O)C=C1CCC1C3CC[C@](OC(=O)CCCON(O)O)(C(=O)COC(=O)COCCOCCON(O)O)[C@@]3(C)C[C@H](O)[C@@]12F. The fraction of sp³-hybridized carbons (Fsp3) is 0.742. The smallest absolute Gasteiger partial charge is 0.332 e. The molecule has 0 bridgehead atoms. The molecule has 18 heteroatoms. The molecule has 276 valence electrons. The predicted octanol–water partition coefficient (Wildman–Crippen LogP) is 1.59. The van der Waals surface area contributed by atoms with E-state index >= 15 is 4.39 Å². The van der Waals surface area contributed by atoms with Gasteiger partial charge in [-0.15, -0.1) is 0 Å². The molecule has 0 aliphatic heterocycles. The first-order chi connectivity index (χ1) is 23.1. The van der Waals surface area contributed by atoms with Crippen molar-refractivity contribution in [2.24, 2.45) is 22.7 Å². The van der Waals surface area contributed by atoms with Crippen LogP contribution in [0.25, 0.3) is 0 Å². The molecule has 4 rings (SSSR count). The summed E-state index contributed by atoms with van der Waals surface area (Å²) in [6, 6.07) is 0. The molecule has 0 heterocycles. The number of aliphatic hydroxyl groups excluding tert-OH is 1. The van der Waals surface area contributed by atoms with Crippen LogP contribution in [0.15, 0.2) is 23.8 Å². The molecule has 0 amide bonds. The predicted molar refractivity (Wildman–Crippen MR) is 157 cm³/mol. The van der Waals surface area contributed by atoms with E-state index in [-0.39, 0.29) is 77.3 Å². The summed E-state index contributed by atoms with van der Waals surface area (Å²) >= 11 is 0. The molecule has 4 aliphatic rings. The third kappa shape index (κ3) is 7.94. The zero-order valence-corrected chi connectivity index (χ0v) is 27.5. The third-order valence-electron chi connectivity index (χ3n) is 10.6. The molecule has 17 nitrogen and oxygen atoms in total. The van der Waals surface area contributed by atoms with Crippen LogP contribution in [-0.2, 0) is 47.8 Å². The number of allylic oxidation sites excluding steroid dienone is 4. The number of carbonyl (C=O) groups is 4. The van der Waals surface area contributed by atoms with Crippen LogP contribution in [0, 0.1) is 22.7 Å². The third-order valence-corrected chi connectivity index (χ3v) is 10.6. The maximum Gasteiger partial charge on any atom is 0.332 e. The molecule has 2 unspecified atom stereocenters. The molecule has 0 spiro atoms. The Morgan fingerprint density at radius 2 is 1.59 bits per heavy atom. The monoisotopic (exact) mass is 704 g/mol. The average molecular weight is 705 g/mol. The van der Waals surface area contributed by atoms with E-state index in [4.69, 9.17) is 39.8 Å². The summed E-state index contributed by atoms with van der Waals surface area (Å²) in [6.45, 7) is 1.59. The summed E-state index contributed by atoms with van der Waals surface area (Å²) in [5.41, 5.74) is -6.03. The summed E-state index contributed by atoms with van der Waals surface area (Å²) in [5, 5.41) is 45.1. The van der Waals surface area contributed by atoms with Crippen molar-refractivity contribution >= 4 is 23.5 Å². The van der Waals surface area contributed by atoms with Crippen LogP contribution in [0.4, 0.5) is 4.39 Å². The first-order valence-corrected chi connectivity index (χ1v) is 16.1. The Kier molecular flexibility index (Phi) is 12.8. The highest BCUT2D eigenvalue weighted by atomic mass is 19.1. The van der Waals surface area contributed by atoms with Gasteiger partial charge in [-0.05, 0) is 63.5 Å². The second-order valence-electron chi connectivity index (χ2n) is 13.1. The number of alkyl halides is 1. The number of ketones is 2. The standard InChI is InChI=1S/C31H45FN2O15/c1-28-9-7-21(35)16-20(28)5-6-23-22-8-10-30(29(22,2)17-24(36)31(23,28)32,49-26(38)4-3-11-47-33(40)41)25(37)18-46-27(39)19-45-13-12-44-14-15-48-34(42)43/h7,9,16,22-24,36,40-43H,3-6,8,10-15,17-19H2,1-2H3/t22?,23?,24-,28-,29-,30-,31-/m0/s1. The highest BCUT2D eigenvalue weighted by molar-refractivity contribution is 6.01. The molecule has 0 radical (unpaired) electrons. The zero-order chi connectivity index (χ0) is 36.0. The Hall–Kier alpha value is -2.75. The Morgan fingerprint density at radius 3 is 2.31 bits per heavy atom. The lowest BCUT2D eigenvalue weighted by molar-refractivity contribution is -0.493. The molecule has 0 aromatic heterocycles. The number of aliphatic hydroxyl groups is 1. The van der Waals surface area contributed by atoms with Gasteiger partial charge in [0.25, 0.3) is 0 Å². The van der Waals surface area contributed by atoms with Crippen molar-refractivity contribution in [3.8, 4) is 0 Å². The minimum absolute atomic E-state index is 0.00138. The Labute approximate surface area is 281 Å². The quantitative estimate of drug-likeness (QED) is 0.0774. The molecular weight excluding hydrogens is 659 g/mol. The van der Waals surface area contributed by atoms with Gasteiger partial charge in [-0.3, -0.25) is 40.1 Å². The van der Waals surface area contributed by atoms with E-state index in [1.54, 1.807) is 13.8 Å². The number of fused-ring (bicyclic) bond motifs is 5. The summed E-state index contributed by atoms with van der Waals surface area (Å²) in [7, 11) is 0. The van der Waals surface area contributed by atoms with Crippen LogP contribution in [0.3, 0.4) is 0 Å². The van der Waals surface area contributed by atoms with Crippen LogP contribution < -0.4 is 0 Å². The summed E-state index contributed by atoms with van der Waals surface area (Å²) in [4.78, 5) is 60.7. The minimum Gasteiger partial charge on any atom is -0.456 e. The van der Waals surface area contributed by atoms with E-state index in [9.17, 15) is 24.3 Å². The highest BCUT2D eigenvalue weighted by Gasteiger charge is 2.75. The van der Waals surface area contributed by atoms with Crippen LogP contribution in [0.5, 0.6) is 0 Å². The number of esters is 2. The Balaban J connectivity index is 1.48. The van der Waals surface area contributed by atoms with Crippen molar-refractivity contribution in [3.63, 3.8) is 0 Å². The van der Waals surface area contributed by atoms with Crippen molar-refractivity contribution in [1.82, 2.24) is 10.8 Å². The number of rotatable bonds is 18. The van der Waals surface area contributed by atoms with Gasteiger partial charge in [0.1, 0.15) is 6.61 Å². The number of ether oxygens (including phenoxy) is 4. The second kappa shape index (κ2) is 16.1. The van der Waals surface area contributed by atoms with Crippen LogP contribution in [-0.4, -0.2) is 124 Å². The lowest BCUT2D eigenvalue weighted by atomic mass is 9.44. The number of hydrogen-bond donors (Lipinski definition) is 5. The molecule has 0 aromatic carbocycles. The van der Waals surface area contributed by atoms with Gasteiger partial charge >= 0.3 is 11.9 Å². The Morgan fingerprint density at radius 1 is 0.918 bits per heavy atom. The van der Waals surface area contributed by atoms with Crippen LogP contribution >= 0.6 is 0 Å². The molecule has 3 fully saturated rings. The van der Waals surface area contributed by atoms with Gasteiger partial charge in [-0.25, -0.2) is 14.0 Å². The van der Waals surface area contributed by atoms with E-state index in [0.717, 1.165) is 0 Å². The molecule has 4 aliphatic carbocycles.